The number of rotatable bonds is 3. The fourth-order valence-corrected chi connectivity index (χ4v) is 3.52. The summed E-state index contributed by atoms with van der Waals surface area (Å²) in [5, 5.41) is 3.68. The van der Waals surface area contributed by atoms with Crippen LogP contribution in [0.2, 0.25) is 0 Å². The molecule has 0 aromatic rings. The molecule has 2 heterocycles. The average molecular weight is 268 g/mol. The fraction of sp³-hybridized carbons (Fsp3) is 1.00. The highest BCUT2D eigenvalue weighted by Crippen LogP contribution is 2.31. The van der Waals surface area contributed by atoms with E-state index < -0.39 is 0 Å². The van der Waals surface area contributed by atoms with E-state index >= 15 is 0 Å². The van der Waals surface area contributed by atoms with E-state index in [4.69, 9.17) is 4.74 Å². The van der Waals surface area contributed by atoms with Gasteiger partial charge in [-0.15, -0.1) is 0 Å². The predicted octanol–water partition coefficient (Wildman–Crippen LogP) is 2.65. The Morgan fingerprint density at radius 2 is 1.95 bits per heavy atom. The Balaban J connectivity index is 1.98. The second-order valence-electron chi connectivity index (χ2n) is 8.04. The first-order valence-electron chi connectivity index (χ1n) is 7.85. The smallest absolute Gasteiger partial charge is 0.0710 e. The van der Waals surface area contributed by atoms with E-state index in [0.29, 0.717) is 18.1 Å². The Morgan fingerprint density at radius 3 is 2.47 bits per heavy atom. The molecule has 0 radical (unpaired) electrons. The van der Waals surface area contributed by atoms with Crippen molar-refractivity contribution in [2.45, 2.75) is 77.7 Å². The number of nitrogens with one attached hydrogen (secondary N) is 1. The Kier molecular flexibility index (Phi) is 4.29. The van der Waals surface area contributed by atoms with Gasteiger partial charge in [0.15, 0.2) is 0 Å². The quantitative estimate of drug-likeness (QED) is 0.851. The van der Waals surface area contributed by atoms with Crippen LogP contribution < -0.4 is 5.32 Å². The van der Waals surface area contributed by atoms with Gasteiger partial charge in [0.2, 0.25) is 0 Å². The van der Waals surface area contributed by atoms with Gasteiger partial charge in [-0.3, -0.25) is 4.90 Å². The molecular weight excluding hydrogens is 236 g/mol. The summed E-state index contributed by atoms with van der Waals surface area (Å²) in [6.45, 7) is 17.0. The molecule has 2 aliphatic heterocycles. The topological polar surface area (TPSA) is 24.5 Å². The molecule has 0 aromatic carbocycles. The van der Waals surface area contributed by atoms with Crippen molar-refractivity contribution in [1.29, 1.82) is 0 Å². The van der Waals surface area contributed by atoms with Gasteiger partial charge in [0, 0.05) is 31.2 Å². The zero-order chi connectivity index (χ0) is 14.3. The van der Waals surface area contributed by atoms with Gasteiger partial charge in [-0.25, -0.2) is 0 Å². The molecule has 19 heavy (non-hydrogen) atoms. The van der Waals surface area contributed by atoms with Crippen LogP contribution in [0.25, 0.3) is 0 Å². The van der Waals surface area contributed by atoms with Crippen LogP contribution in [0.4, 0.5) is 0 Å². The lowest BCUT2D eigenvalue weighted by atomic mass is 9.92. The minimum absolute atomic E-state index is 0.0849. The van der Waals surface area contributed by atoms with E-state index in [1.165, 1.54) is 12.8 Å². The lowest BCUT2D eigenvalue weighted by Crippen LogP contribution is -2.63. The van der Waals surface area contributed by atoms with E-state index in [0.717, 1.165) is 19.6 Å². The maximum Gasteiger partial charge on any atom is 0.0710 e. The van der Waals surface area contributed by atoms with Crippen molar-refractivity contribution < 1.29 is 4.74 Å². The van der Waals surface area contributed by atoms with E-state index in [1.54, 1.807) is 0 Å². The van der Waals surface area contributed by atoms with Crippen molar-refractivity contribution in [3.63, 3.8) is 0 Å². The Morgan fingerprint density at radius 1 is 1.26 bits per heavy atom. The lowest BCUT2D eigenvalue weighted by Gasteiger charge is -2.47. The zero-order valence-corrected chi connectivity index (χ0v) is 13.6. The van der Waals surface area contributed by atoms with Crippen LogP contribution in [-0.4, -0.2) is 47.8 Å². The SMILES string of the molecule is CC(C)C1CNC(C)(C)CN1CC1CCC(C)(C)O1. The molecule has 2 unspecified atom stereocenters. The first-order valence-corrected chi connectivity index (χ1v) is 7.85. The third-order valence-electron chi connectivity index (χ3n) is 4.62. The molecule has 0 aromatic heterocycles. The zero-order valence-electron chi connectivity index (χ0n) is 13.6. The second kappa shape index (κ2) is 5.34. The van der Waals surface area contributed by atoms with Gasteiger partial charge < -0.3 is 10.1 Å². The number of ether oxygens (including phenoxy) is 1. The van der Waals surface area contributed by atoms with Crippen LogP contribution in [0.15, 0.2) is 0 Å². The normalized spacial score (nSPS) is 34.9. The molecule has 0 saturated carbocycles. The van der Waals surface area contributed by atoms with E-state index in [2.05, 4.69) is 51.8 Å². The lowest BCUT2D eigenvalue weighted by molar-refractivity contribution is -0.0460. The summed E-state index contributed by atoms with van der Waals surface area (Å²) in [5.41, 5.74) is 0.307. The highest BCUT2D eigenvalue weighted by Gasteiger charge is 2.38. The third kappa shape index (κ3) is 3.93. The molecule has 112 valence electrons. The van der Waals surface area contributed by atoms with Crippen LogP contribution in [-0.2, 0) is 4.74 Å². The molecule has 2 fully saturated rings. The maximum absolute atomic E-state index is 6.19. The monoisotopic (exact) mass is 268 g/mol. The van der Waals surface area contributed by atoms with Crippen molar-refractivity contribution in [2.75, 3.05) is 19.6 Å². The summed E-state index contributed by atoms with van der Waals surface area (Å²) >= 11 is 0. The van der Waals surface area contributed by atoms with Crippen LogP contribution in [0, 0.1) is 5.92 Å². The number of nitrogens with zero attached hydrogens (tertiary/aromatic N) is 1. The highest BCUT2D eigenvalue weighted by atomic mass is 16.5. The molecular formula is C16H32N2O. The summed E-state index contributed by atoms with van der Waals surface area (Å²) in [7, 11) is 0. The molecule has 0 spiro atoms. The van der Waals surface area contributed by atoms with Crippen LogP contribution >= 0.6 is 0 Å². The number of hydrogen-bond donors (Lipinski definition) is 1. The van der Waals surface area contributed by atoms with Crippen molar-refractivity contribution in [1.82, 2.24) is 10.2 Å². The van der Waals surface area contributed by atoms with Crippen molar-refractivity contribution >= 4 is 0 Å². The Hall–Kier alpha value is -0.120. The molecule has 0 amide bonds. The van der Waals surface area contributed by atoms with Crippen LogP contribution in [0.3, 0.4) is 0 Å². The number of piperazine rings is 1. The summed E-state index contributed by atoms with van der Waals surface area (Å²) < 4.78 is 6.19. The Bertz CT molecular complexity index is 312. The molecule has 2 aliphatic rings. The fourth-order valence-electron chi connectivity index (χ4n) is 3.52. The highest BCUT2D eigenvalue weighted by molar-refractivity contribution is 4.95. The molecule has 1 N–H and O–H groups in total. The minimum atomic E-state index is 0.0849. The van der Waals surface area contributed by atoms with Gasteiger partial charge in [0.05, 0.1) is 11.7 Å². The van der Waals surface area contributed by atoms with E-state index in [-0.39, 0.29) is 11.1 Å². The second-order valence-corrected chi connectivity index (χ2v) is 8.04. The van der Waals surface area contributed by atoms with E-state index in [9.17, 15) is 0 Å². The van der Waals surface area contributed by atoms with Gasteiger partial charge in [-0.2, -0.15) is 0 Å². The molecule has 2 atom stereocenters. The van der Waals surface area contributed by atoms with Crippen molar-refractivity contribution in [3.05, 3.63) is 0 Å². The third-order valence-corrected chi connectivity index (χ3v) is 4.62. The van der Waals surface area contributed by atoms with E-state index in [1.807, 2.05) is 0 Å². The largest absolute Gasteiger partial charge is 0.371 e. The van der Waals surface area contributed by atoms with Gasteiger partial charge in [0.1, 0.15) is 0 Å². The molecule has 2 rings (SSSR count). The summed E-state index contributed by atoms with van der Waals surface area (Å²) in [5.74, 6) is 0.693. The predicted molar refractivity (Wildman–Crippen MR) is 80.5 cm³/mol. The van der Waals surface area contributed by atoms with Crippen molar-refractivity contribution in [2.24, 2.45) is 5.92 Å². The first kappa shape index (κ1) is 15.3. The maximum atomic E-state index is 6.19. The summed E-state index contributed by atoms with van der Waals surface area (Å²) in [6.07, 6.45) is 2.83. The van der Waals surface area contributed by atoms with Gasteiger partial charge >= 0.3 is 0 Å². The van der Waals surface area contributed by atoms with Gasteiger partial charge in [-0.1, -0.05) is 13.8 Å². The molecule has 3 heteroatoms. The Labute approximate surface area is 119 Å². The minimum Gasteiger partial charge on any atom is -0.371 e. The average Bonchev–Trinajstić information content (AvgIpc) is 2.56. The van der Waals surface area contributed by atoms with Crippen LogP contribution in [0.5, 0.6) is 0 Å². The number of hydrogen-bond acceptors (Lipinski definition) is 3. The first-order chi connectivity index (χ1) is 8.69. The summed E-state index contributed by atoms with van der Waals surface area (Å²) in [4.78, 5) is 2.66. The summed E-state index contributed by atoms with van der Waals surface area (Å²) in [6, 6.07) is 0.639. The van der Waals surface area contributed by atoms with Crippen molar-refractivity contribution in [3.8, 4) is 0 Å². The molecule has 0 bridgehead atoms. The molecule has 0 aliphatic carbocycles. The standard InChI is InChI=1S/C16H32N2O/c1-12(2)14-9-17-15(3,4)11-18(14)10-13-7-8-16(5,6)19-13/h12-14,17H,7-11H2,1-6H3. The van der Waals surface area contributed by atoms with Crippen LogP contribution in [0.1, 0.15) is 54.4 Å². The molecule has 3 nitrogen and oxygen atoms in total. The molecule has 2 saturated heterocycles. The van der Waals surface area contributed by atoms with Gasteiger partial charge in [0.25, 0.3) is 0 Å². The van der Waals surface area contributed by atoms with Gasteiger partial charge in [-0.05, 0) is 46.5 Å².